The molecule has 0 aliphatic heterocycles. The van der Waals surface area contributed by atoms with Crippen LogP contribution >= 0.6 is 11.6 Å². The molecule has 0 N–H and O–H groups in total. The molecule has 0 aromatic carbocycles. The standard InChI is InChI=1S/C16H17ClN4O4/c1-9(22)24-5-11-3-4-13(12(11)6-25-10(2)23)21-8-20-14-15(17)18-7-19-16(14)21/h3-4,7-8,11-13H,5-6H2,1-2H3/t11-,12-,13-/m1/s1. The van der Waals surface area contributed by atoms with Crippen molar-refractivity contribution in [1.29, 1.82) is 0 Å². The fourth-order valence-corrected chi connectivity index (χ4v) is 3.14. The summed E-state index contributed by atoms with van der Waals surface area (Å²) < 4.78 is 12.2. The van der Waals surface area contributed by atoms with Gasteiger partial charge in [-0.1, -0.05) is 23.8 Å². The third-order valence-corrected chi connectivity index (χ3v) is 4.41. The molecule has 2 aromatic rings. The molecular formula is C16H17ClN4O4. The van der Waals surface area contributed by atoms with Gasteiger partial charge in [0.1, 0.15) is 11.8 Å². The Hall–Kier alpha value is -2.48. The van der Waals surface area contributed by atoms with Crippen molar-refractivity contribution in [3.8, 4) is 0 Å². The molecule has 0 saturated heterocycles. The second-order valence-corrected chi connectivity index (χ2v) is 6.15. The molecule has 0 saturated carbocycles. The van der Waals surface area contributed by atoms with Crippen molar-refractivity contribution in [2.45, 2.75) is 19.9 Å². The highest BCUT2D eigenvalue weighted by atomic mass is 35.5. The van der Waals surface area contributed by atoms with Gasteiger partial charge in [0, 0.05) is 25.7 Å². The summed E-state index contributed by atoms with van der Waals surface area (Å²) in [6, 6.07) is -0.157. The topological polar surface area (TPSA) is 96.2 Å². The van der Waals surface area contributed by atoms with E-state index in [-0.39, 0.29) is 48.2 Å². The first kappa shape index (κ1) is 17.3. The normalized spacial score (nSPS) is 22.3. The zero-order valence-corrected chi connectivity index (χ0v) is 14.5. The van der Waals surface area contributed by atoms with Crippen LogP contribution in [-0.2, 0) is 19.1 Å². The van der Waals surface area contributed by atoms with E-state index >= 15 is 0 Å². The molecular weight excluding hydrogens is 348 g/mol. The minimum Gasteiger partial charge on any atom is -0.465 e. The van der Waals surface area contributed by atoms with Gasteiger partial charge in [-0.25, -0.2) is 15.0 Å². The van der Waals surface area contributed by atoms with E-state index in [4.69, 9.17) is 21.1 Å². The summed E-state index contributed by atoms with van der Waals surface area (Å²) in [5.41, 5.74) is 1.10. The number of esters is 2. The molecule has 25 heavy (non-hydrogen) atoms. The van der Waals surface area contributed by atoms with Gasteiger partial charge in [0.15, 0.2) is 10.8 Å². The number of imidazole rings is 1. The molecule has 0 spiro atoms. The molecule has 0 unspecified atom stereocenters. The highest BCUT2D eigenvalue weighted by Crippen LogP contribution is 2.37. The number of rotatable bonds is 5. The van der Waals surface area contributed by atoms with E-state index < -0.39 is 0 Å². The number of ether oxygens (including phenoxy) is 2. The Morgan fingerprint density at radius 1 is 1.12 bits per heavy atom. The number of carbonyl (C=O) groups is 2. The van der Waals surface area contributed by atoms with Crippen molar-refractivity contribution in [3.05, 3.63) is 30.0 Å². The summed E-state index contributed by atoms with van der Waals surface area (Å²) in [5.74, 6) is -0.911. The third kappa shape index (κ3) is 3.63. The van der Waals surface area contributed by atoms with Gasteiger partial charge in [-0.3, -0.25) is 9.59 Å². The predicted molar refractivity (Wildman–Crippen MR) is 88.8 cm³/mol. The van der Waals surface area contributed by atoms with Crippen LogP contribution in [0.4, 0.5) is 0 Å². The van der Waals surface area contributed by atoms with E-state index in [1.54, 1.807) is 6.33 Å². The first-order valence-corrected chi connectivity index (χ1v) is 8.13. The largest absolute Gasteiger partial charge is 0.465 e. The summed E-state index contributed by atoms with van der Waals surface area (Å²) in [7, 11) is 0. The summed E-state index contributed by atoms with van der Waals surface area (Å²) in [6.45, 7) is 3.13. The van der Waals surface area contributed by atoms with Gasteiger partial charge in [-0.15, -0.1) is 0 Å². The molecule has 1 aliphatic carbocycles. The van der Waals surface area contributed by atoms with Gasteiger partial charge in [-0.05, 0) is 0 Å². The van der Waals surface area contributed by atoms with Crippen LogP contribution in [0.3, 0.4) is 0 Å². The Bertz CT molecular complexity index is 835. The molecule has 9 heteroatoms. The van der Waals surface area contributed by atoms with E-state index in [9.17, 15) is 9.59 Å². The van der Waals surface area contributed by atoms with Crippen LogP contribution in [-0.4, -0.2) is 44.7 Å². The third-order valence-electron chi connectivity index (χ3n) is 4.14. The predicted octanol–water partition coefficient (Wildman–Crippen LogP) is 1.95. The fraction of sp³-hybridized carbons (Fsp3) is 0.438. The minimum atomic E-state index is -0.363. The molecule has 0 radical (unpaired) electrons. The maximum atomic E-state index is 11.2. The number of allylic oxidation sites excluding steroid dienone is 1. The van der Waals surface area contributed by atoms with E-state index in [0.717, 1.165) is 0 Å². The average molecular weight is 365 g/mol. The second kappa shape index (κ2) is 7.18. The van der Waals surface area contributed by atoms with Crippen molar-refractivity contribution in [2.75, 3.05) is 13.2 Å². The van der Waals surface area contributed by atoms with E-state index in [2.05, 4.69) is 15.0 Å². The van der Waals surface area contributed by atoms with Crippen molar-refractivity contribution in [2.24, 2.45) is 11.8 Å². The molecule has 1 aliphatic rings. The van der Waals surface area contributed by atoms with Gasteiger partial charge in [0.05, 0.1) is 25.6 Å². The lowest BCUT2D eigenvalue weighted by Gasteiger charge is -2.25. The Morgan fingerprint density at radius 3 is 2.56 bits per heavy atom. The van der Waals surface area contributed by atoms with Crippen LogP contribution < -0.4 is 0 Å². The van der Waals surface area contributed by atoms with Gasteiger partial charge >= 0.3 is 11.9 Å². The van der Waals surface area contributed by atoms with Crippen molar-refractivity contribution in [3.63, 3.8) is 0 Å². The highest BCUT2D eigenvalue weighted by molar-refractivity contribution is 6.33. The molecule has 0 fully saturated rings. The maximum Gasteiger partial charge on any atom is 0.302 e. The Labute approximate surface area is 148 Å². The minimum absolute atomic E-state index is 0.0805. The zero-order chi connectivity index (χ0) is 18.0. The maximum absolute atomic E-state index is 11.2. The molecule has 8 nitrogen and oxygen atoms in total. The lowest BCUT2D eigenvalue weighted by molar-refractivity contribution is -0.146. The number of hydrogen-bond donors (Lipinski definition) is 0. The lowest BCUT2D eigenvalue weighted by atomic mass is 9.93. The number of halogens is 1. The molecule has 0 bridgehead atoms. The number of hydrogen-bond acceptors (Lipinski definition) is 7. The zero-order valence-electron chi connectivity index (χ0n) is 13.8. The Balaban J connectivity index is 1.89. The smallest absolute Gasteiger partial charge is 0.302 e. The molecule has 132 valence electrons. The lowest BCUT2D eigenvalue weighted by Crippen LogP contribution is -2.28. The fourth-order valence-electron chi connectivity index (χ4n) is 2.96. The Morgan fingerprint density at radius 2 is 1.84 bits per heavy atom. The molecule has 3 atom stereocenters. The van der Waals surface area contributed by atoms with Crippen LogP contribution in [0.2, 0.25) is 5.15 Å². The second-order valence-electron chi connectivity index (χ2n) is 5.80. The van der Waals surface area contributed by atoms with Gasteiger partial charge < -0.3 is 14.0 Å². The summed E-state index contributed by atoms with van der Waals surface area (Å²) >= 11 is 6.06. The number of aromatic nitrogens is 4. The van der Waals surface area contributed by atoms with Crippen LogP contribution in [0.1, 0.15) is 19.9 Å². The SMILES string of the molecule is CC(=O)OC[C@@H]1[C@@H](COC(C)=O)C=C[C@H]1n1cnc2c(Cl)ncnc21. The summed E-state index contributed by atoms with van der Waals surface area (Å²) in [4.78, 5) is 34.8. The molecule has 2 aromatic heterocycles. The Kier molecular flexibility index (Phi) is 4.98. The van der Waals surface area contributed by atoms with E-state index in [1.807, 2.05) is 16.7 Å². The van der Waals surface area contributed by atoms with E-state index in [1.165, 1.54) is 20.2 Å². The average Bonchev–Trinajstić information content (AvgIpc) is 3.15. The van der Waals surface area contributed by atoms with Gasteiger partial charge in [0.25, 0.3) is 0 Å². The van der Waals surface area contributed by atoms with Crippen LogP contribution in [0, 0.1) is 11.8 Å². The van der Waals surface area contributed by atoms with E-state index in [0.29, 0.717) is 11.2 Å². The van der Waals surface area contributed by atoms with Crippen LogP contribution in [0.5, 0.6) is 0 Å². The van der Waals surface area contributed by atoms with Crippen molar-refractivity contribution >= 4 is 34.7 Å². The quantitative estimate of drug-likeness (QED) is 0.454. The van der Waals surface area contributed by atoms with Gasteiger partial charge in [-0.2, -0.15) is 0 Å². The van der Waals surface area contributed by atoms with Crippen LogP contribution in [0.15, 0.2) is 24.8 Å². The molecule has 3 rings (SSSR count). The number of nitrogens with zero attached hydrogens (tertiary/aromatic N) is 4. The van der Waals surface area contributed by atoms with Crippen LogP contribution in [0.25, 0.3) is 11.2 Å². The van der Waals surface area contributed by atoms with Crippen molar-refractivity contribution in [1.82, 2.24) is 19.5 Å². The molecule has 0 amide bonds. The van der Waals surface area contributed by atoms with Crippen molar-refractivity contribution < 1.29 is 19.1 Å². The molecule has 2 heterocycles. The number of fused-ring (bicyclic) bond motifs is 1. The summed E-state index contributed by atoms with van der Waals surface area (Å²) in [6.07, 6.45) is 6.93. The first-order chi connectivity index (χ1) is 12.0. The summed E-state index contributed by atoms with van der Waals surface area (Å²) in [5, 5.41) is 0.277. The highest BCUT2D eigenvalue weighted by Gasteiger charge is 2.35. The monoisotopic (exact) mass is 364 g/mol. The number of carbonyl (C=O) groups excluding carboxylic acids is 2. The first-order valence-electron chi connectivity index (χ1n) is 7.75. The van der Waals surface area contributed by atoms with Gasteiger partial charge in [0.2, 0.25) is 0 Å².